The molecule has 0 unspecified atom stereocenters. The van der Waals surface area contributed by atoms with Crippen LogP contribution in [0.5, 0.6) is 23.0 Å². The van der Waals surface area contributed by atoms with Gasteiger partial charge >= 0.3 is 0 Å². The molecule has 0 atom stereocenters. The summed E-state index contributed by atoms with van der Waals surface area (Å²) in [5.41, 5.74) is 25.0. The van der Waals surface area contributed by atoms with Crippen molar-refractivity contribution >= 4 is 21.7 Å². The van der Waals surface area contributed by atoms with Gasteiger partial charge in [0.1, 0.15) is 23.0 Å². The van der Waals surface area contributed by atoms with Gasteiger partial charge in [-0.2, -0.15) is 0 Å². The Balaban J connectivity index is 0.642. The van der Waals surface area contributed by atoms with E-state index in [4.69, 9.17) is 29.6 Å². The van der Waals surface area contributed by atoms with Crippen LogP contribution in [0, 0.1) is 0 Å². The minimum absolute atomic E-state index is 0.565. The predicted octanol–water partition coefficient (Wildman–Crippen LogP) is 20.5. The van der Waals surface area contributed by atoms with Crippen LogP contribution in [0.4, 0.5) is 0 Å². The predicted molar refractivity (Wildman–Crippen MR) is 360 cm³/mol. The molecule has 90 heavy (non-hydrogen) atoms. The molecule has 0 saturated heterocycles. The highest BCUT2D eigenvalue weighted by atomic mass is 16.5. The Labute approximate surface area is 519 Å². The van der Waals surface area contributed by atoms with Crippen molar-refractivity contribution in [1.29, 1.82) is 0 Å². The number of rotatable bonds is 6. The second kappa shape index (κ2) is 19.3. The van der Waals surface area contributed by atoms with E-state index in [-0.39, 0.29) is 0 Å². The molecule has 0 N–H and O–H groups in total. The van der Waals surface area contributed by atoms with Crippen LogP contribution in [-0.4, -0.2) is 20.2 Å². The fourth-order valence-electron chi connectivity index (χ4n) is 15.5. The zero-order chi connectivity index (χ0) is 59.1. The SMILES string of the molecule is c1cc(-c2ccc(-c3nc(-c4ccc5c(c4)C4(c6ccccc6O5)c5ccccc5-c5ccccc54)nc4ccccc34)cc2)cc(-c2ccc(-c3ccc(-c4ccc5c(c4)C4(c6ccccc6O5)c5ccccc5-c5ccccc54)nn3)c3ccccc23)c1. The second-order valence-corrected chi connectivity index (χ2v) is 23.9. The summed E-state index contributed by atoms with van der Waals surface area (Å²) in [4.78, 5) is 10.7. The summed E-state index contributed by atoms with van der Waals surface area (Å²) < 4.78 is 13.5. The van der Waals surface area contributed by atoms with Gasteiger partial charge in [-0.3, -0.25) is 0 Å². The molecule has 2 aromatic heterocycles. The number of nitrogens with zero attached hydrogens (tertiary/aromatic N) is 4. The first-order valence-electron chi connectivity index (χ1n) is 30.7. The van der Waals surface area contributed by atoms with Crippen molar-refractivity contribution in [2.45, 2.75) is 10.8 Å². The van der Waals surface area contributed by atoms with E-state index in [9.17, 15) is 0 Å². The molecule has 0 bridgehead atoms. The summed E-state index contributed by atoms with van der Waals surface area (Å²) in [5, 5.41) is 13.2. The number of benzene rings is 13. The smallest absolute Gasteiger partial charge is 0.160 e. The van der Waals surface area contributed by atoms with E-state index in [1.54, 1.807) is 0 Å². The summed E-state index contributed by atoms with van der Waals surface area (Å²) in [6, 6.07) is 108. The summed E-state index contributed by atoms with van der Waals surface area (Å²) >= 11 is 0. The van der Waals surface area contributed by atoms with Gasteiger partial charge in [0.2, 0.25) is 0 Å². The topological polar surface area (TPSA) is 70.0 Å². The van der Waals surface area contributed by atoms with Crippen molar-refractivity contribution in [3.8, 4) is 113 Å². The molecule has 2 aliphatic carbocycles. The van der Waals surface area contributed by atoms with E-state index in [0.717, 1.165) is 129 Å². The molecule has 19 rings (SSSR count). The van der Waals surface area contributed by atoms with Crippen molar-refractivity contribution in [3.05, 3.63) is 348 Å². The Kier molecular flexibility index (Phi) is 10.8. The number of hydrogen-bond acceptors (Lipinski definition) is 6. The van der Waals surface area contributed by atoms with Gasteiger partial charge < -0.3 is 9.47 Å². The molecule has 418 valence electrons. The van der Waals surface area contributed by atoms with Gasteiger partial charge in [0.15, 0.2) is 5.82 Å². The molecule has 0 radical (unpaired) electrons. The first-order chi connectivity index (χ1) is 44.6. The minimum Gasteiger partial charge on any atom is -0.457 e. The maximum absolute atomic E-state index is 6.78. The number of hydrogen-bond donors (Lipinski definition) is 0. The highest BCUT2D eigenvalue weighted by Gasteiger charge is 2.52. The van der Waals surface area contributed by atoms with E-state index in [2.05, 4.69) is 303 Å². The standard InChI is InChI=1S/C84H50N4O2/c1-2-21-59-58(20-1)57(42-43-64(59)76-45-44-74(87-88-76)55-40-46-79-72(49-55)83(70-31-12-15-34-77(70)89-79)66-27-8-3-22-60(66)61-23-4-9-28-67(61)83)54-19-17-18-53(48-54)51-36-38-52(39-37-51)81-65-26-7-14-33-75(65)85-82(86-81)56-41-47-80-73(50-56)84(71-32-13-16-35-78(71)90-80)68-29-10-5-24-62(68)63-25-6-11-30-69(63)84/h1-50H. The van der Waals surface area contributed by atoms with Crippen LogP contribution < -0.4 is 9.47 Å². The Morgan fingerprint density at radius 1 is 0.233 bits per heavy atom. The van der Waals surface area contributed by atoms with Crippen molar-refractivity contribution < 1.29 is 9.47 Å². The lowest BCUT2D eigenvalue weighted by molar-refractivity contribution is 0.436. The average Bonchev–Trinajstić information content (AvgIpc) is 1.48. The average molecular weight is 1150 g/mol. The lowest BCUT2D eigenvalue weighted by atomic mass is 9.66. The van der Waals surface area contributed by atoms with Gasteiger partial charge in [-0.25, -0.2) is 9.97 Å². The second-order valence-electron chi connectivity index (χ2n) is 23.9. The molecule has 13 aromatic carbocycles. The van der Waals surface area contributed by atoms with Crippen LogP contribution in [0.15, 0.2) is 303 Å². The van der Waals surface area contributed by atoms with Crippen molar-refractivity contribution in [3.63, 3.8) is 0 Å². The first-order valence-corrected chi connectivity index (χ1v) is 30.7. The zero-order valence-corrected chi connectivity index (χ0v) is 48.5. The highest BCUT2D eigenvalue weighted by molar-refractivity contribution is 6.05. The summed E-state index contributed by atoms with van der Waals surface area (Å²) in [6.07, 6.45) is 0. The third kappa shape index (κ3) is 7.15. The Morgan fingerprint density at radius 2 is 0.667 bits per heavy atom. The van der Waals surface area contributed by atoms with Gasteiger partial charge in [0, 0.05) is 49.9 Å². The molecule has 0 fully saturated rings. The van der Waals surface area contributed by atoms with Crippen LogP contribution in [0.25, 0.3) is 111 Å². The molecule has 4 heterocycles. The van der Waals surface area contributed by atoms with Crippen LogP contribution in [0.1, 0.15) is 44.5 Å². The van der Waals surface area contributed by atoms with Crippen LogP contribution >= 0.6 is 0 Å². The molecule has 6 heteroatoms. The Hall–Kier alpha value is -11.9. The quantitative estimate of drug-likeness (QED) is 0.165. The Morgan fingerprint density at radius 3 is 1.26 bits per heavy atom. The molecule has 15 aromatic rings. The minimum atomic E-state index is -0.598. The first kappa shape index (κ1) is 50.3. The molecular formula is C84H50N4O2. The molecule has 0 amide bonds. The van der Waals surface area contributed by atoms with Crippen LogP contribution in [-0.2, 0) is 10.8 Å². The van der Waals surface area contributed by atoms with Crippen LogP contribution in [0.2, 0.25) is 0 Å². The lowest BCUT2D eigenvalue weighted by Crippen LogP contribution is -2.32. The van der Waals surface area contributed by atoms with Gasteiger partial charge in [0.05, 0.1) is 33.4 Å². The molecule has 4 aliphatic rings. The number of aromatic nitrogens is 4. The molecular weight excluding hydrogens is 1100 g/mol. The Bertz CT molecular complexity index is 5430. The van der Waals surface area contributed by atoms with Crippen molar-refractivity contribution in [2.24, 2.45) is 0 Å². The van der Waals surface area contributed by atoms with Gasteiger partial charge in [0.25, 0.3) is 0 Å². The fourth-order valence-corrected chi connectivity index (χ4v) is 15.5. The normalized spacial score (nSPS) is 13.7. The summed E-state index contributed by atoms with van der Waals surface area (Å²) in [6.45, 7) is 0. The van der Waals surface area contributed by atoms with Gasteiger partial charge in [-0.15, -0.1) is 10.2 Å². The largest absolute Gasteiger partial charge is 0.457 e. The van der Waals surface area contributed by atoms with Gasteiger partial charge in [-0.1, -0.05) is 231 Å². The monoisotopic (exact) mass is 1150 g/mol. The van der Waals surface area contributed by atoms with Gasteiger partial charge in [-0.05, 0) is 150 Å². The molecule has 6 nitrogen and oxygen atoms in total. The highest BCUT2D eigenvalue weighted by Crippen LogP contribution is 2.64. The van der Waals surface area contributed by atoms with E-state index in [0.29, 0.717) is 5.82 Å². The van der Waals surface area contributed by atoms with E-state index in [1.807, 2.05) is 0 Å². The summed E-state index contributed by atoms with van der Waals surface area (Å²) in [5.74, 6) is 4.06. The number of fused-ring (bicyclic) bond motifs is 20. The van der Waals surface area contributed by atoms with E-state index >= 15 is 0 Å². The van der Waals surface area contributed by atoms with Crippen molar-refractivity contribution in [2.75, 3.05) is 0 Å². The lowest BCUT2D eigenvalue weighted by Gasteiger charge is -2.39. The van der Waals surface area contributed by atoms with Crippen LogP contribution in [0.3, 0.4) is 0 Å². The van der Waals surface area contributed by atoms with E-state index in [1.165, 1.54) is 44.5 Å². The summed E-state index contributed by atoms with van der Waals surface area (Å²) in [7, 11) is 0. The van der Waals surface area contributed by atoms with E-state index < -0.39 is 10.8 Å². The third-order valence-electron chi connectivity index (χ3n) is 19.4. The zero-order valence-electron chi connectivity index (χ0n) is 48.5. The van der Waals surface area contributed by atoms with Crippen molar-refractivity contribution in [1.82, 2.24) is 20.2 Å². The molecule has 2 spiro atoms. The maximum Gasteiger partial charge on any atom is 0.160 e. The molecule has 0 saturated carbocycles. The molecule has 2 aliphatic heterocycles. The fraction of sp³-hybridized carbons (Fsp3) is 0.0238. The number of ether oxygens (including phenoxy) is 2. The third-order valence-corrected chi connectivity index (χ3v) is 19.4. The number of para-hydroxylation sites is 3. The maximum atomic E-state index is 6.78.